The molecular weight excluding hydrogens is 222 g/mol. The first-order valence-corrected chi connectivity index (χ1v) is 5.58. The topological polar surface area (TPSA) is 70.8 Å². The van der Waals surface area contributed by atoms with Crippen molar-refractivity contribution in [2.75, 3.05) is 13.1 Å². The summed E-state index contributed by atoms with van der Waals surface area (Å²) < 4.78 is 4.66. The van der Waals surface area contributed by atoms with E-state index in [0.717, 1.165) is 12.7 Å². The van der Waals surface area contributed by atoms with Gasteiger partial charge in [-0.25, -0.2) is 4.79 Å². The maximum absolute atomic E-state index is 12.1. The molecule has 2 heterocycles. The second-order valence-electron chi connectivity index (χ2n) is 4.67. The van der Waals surface area contributed by atoms with Gasteiger partial charge in [-0.2, -0.15) is 0 Å². The normalized spacial score (nSPS) is 24.7. The predicted molar refractivity (Wildman–Crippen MR) is 60.7 cm³/mol. The van der Waals surface area contributed by atoms with Crippen LogP contribution in [0.4, 0.5) is 0 Å². The van der Waals surface area contributed by atoms with Crippen molar-refractivity contribution in [1.82, 2.24) is 4.90 Å². The van der Waals surface area contributed by atoms with Gasteiger partial charge in [0.05, 0.1) is 11.2 Å². The summed E-state index contributed by atoms with van der Waals surface area (Å²) in [6.07, 6.45) is 2.63. The number of hydrogen-bond acceptors (Lipinski definition) is 4. The highest BCUT2D eigenvalue weighted by Gasteiger charge is 2.31. The van der Waals surface area contributed by atoms with E-state index >= 15 is 0 Å². The Labute approximate surface area is 98.7 Å². The van der Waals surface area contributed by atoms with Crippen LogP contribution in [0.2, 0.25) is 0 Å². The first-order valence-electron chi connectivity index (χ1n) is 5.58. The van der Waals surface area contributed by atoms with Gasteiger partial charge in [0, 0.05) is 19.2 Å². The number of likely N-dealkylation sites (tertiary alicyclic amines) is 1. The molecule has 1 aliphatic rings. The molecule has 92 valence electrons. The molecule has 0 radical (unpaired) electrons. The summed E-state index contributed by atoms with van der Waals surface area (Å²) in [5.74, 6) is -0.214. The molecule has 1 N–H and O–H groups in total. The Kier molecular flexibility index (Phi) is 3.02. The van der Waals surface area contributed by atoms with Crippen molar-refractivity contribution in [1.29, 1.82) is 0 Å². The lowest BCUT2D eigenvalue weighted by atomic mass is 9.95. The highest BCUT2D eigenvalue weighted by Crippen LogP contribution is 2.21. The predicted octanol–water partition coefficient (Wildman–Crippen LogP) is 0.627. The minimum atomic E-state index is -0.830. The number of β-amino-alcohol motifs (C(OH)–C–C–N with tert-alkyl or cyclic N) is 1. The van der Waals surface area contributed by atoms with Crippen molar-refractivity contribution in [3.63, 3.8) is 0 Å². The van der Waals surface area contributed by atoms with Gasteiger partial charge in [-0.1, -0.05) is 0 Å². The summed E-state index contributed by atoms with van der Waals surface area (Å²) >= 11 is 0. The van der Waals surface area contributed by atoms with E-state index in [4.69, 9.17) is 0 Å². The fraction of sp³-hybridized carbons (Fsp3) is 0.500. The number of amides is 1. The monoisotopic (exact) mass is 237 g/mol. The van der Waals surface area contributed by atoms with Crippen LogP contribution in [-0.2, 0) is 0 Å². The molecule has 1 unspecified atom stereocenters. The van der Waals surface area contributed by atoms with Gasteiger partial charge in [0.25, 0.3) is 5.91 Å². The standard InChI is InChI=1S/C12H15NO4/c1-12(16)5-2-6-13(8-12)11(15)9-3-4-10(14)17-7-9/h3-4,7,16H,2,5-6,8H2,1H3. The summed E-state index contributed by atoms with van der Waals surface area (Å²) in [6, 6.07) is 2.66. The molecular formula is C12H15NO4. The number of carbonyl (C=O) groups excluding carboxylic acids is 1. The average molecular weight is 237 g/mol. The average Bonchev–Trinajstić information content (AvgIpc) is 2.28. The molecule has 0 aliphatic carbocycles. The number of hydrogen-bond donors (Lipinski definition) is 1. The van der Waals surface area contributed by atoms with Gasteiger partial charge < -0.3 is 14.4 Å². The van der Waals surface area contributed by atoms with Crippen LogP contribution in [0.5, 0.6) is 0 Å². The van der Waals surface area contributed by atoms with E-state index in [-0.39, 0.29) is 5.91 Å². The van der Waals surface area contributed by atoms with Crippen molar-refractivity contribution < 1.29 is 14.3 Å². The summed E-state index contributed by atoms with van der Waals surface area (Å²) in [4.78, 5) is 24.4. The van der Waals surface area contributed by atoms with Gasteiger partial charge in [-0.3, -0.25) is 4.79 Å². The molecule has 0 aromatic carbocycles. The fourth-order valence-corrected chi connectivity index (χ4v) is 2.06. The summed E-state index contributed by atoms with van der Waals surface area (Å²) in [5, 5.41) is 9.92. The minimum Gasteiger partial charge on any atom is -0.430 e. The number of aliphatic hydroxyl groups is 1. The van der Waals surface area contributed by atoms with Crippen LogP contribution in [0.25, 0.3) is 0 Å². The Morgan fingerprint density at radius 2 is 2.29 bits per heavy atom. The van der Waals surface area contributed by atoms with Crippen LogP contribution >= 0.6 is 0 Å². The molecule has 0 spiro atoms. The molecule has 0 bridgehead atoms. The molecule has 1 fully saturated rings. The maximum atomic E-state index is 12.1. The van der Waals surface area contributed by atoms with Gasteiger partial charge in [-0.05, 0) is 25.8 Å². The maximum Gasteiger partial charge on any atom is 0.335 e. The number of rotatable bonds is 1. The third kappa shape index (κ3) is 2.74. The van der Waals surface area contributed by atoms with Gasteiger partial charge >= 0.3 is 5.63 Å². The van der Waals surface area contributed by atoms with E-state index < -0.39 is 11.2 Å². The third-order valence-electron chi connectivity index (χ3n) is 2.91. The molecule has 1 aromatic rings. The molecule has 5 nitrogen and oxygen atoms in total. The molecule has 1 aromatic heterocycles. The lowest BCUT2D eigenvalue weighted by molar-refractivity contribution is -0.0108. The van der Waals surface area contributed by atoms with Gasteiger partial charge in [-0.15, -0.1) is 0 Å². The molecule has 1 aliphatic heterocycles. The zero-order valence-electron chi connectivity index (χ0n) is 9.68. The lowest BCUT2D eigenvalue weighted by Crippen LogP contribution is -2.48. The highest BCUT2D eigenvalue weighted by atomic mass is 16.4. The highest BCUT2D eigenvalue weighted by molar-refractivity contribution is 5.93. The van der Waals surface area contributed by atoms with Gasteiger partial charge in [0.2, 0.25) is 0 Å². The summed E-state index contributed by atoms with van der Waals surface area (Å²) in [7, 11) is 0. The van der Waals surface area contributed by atoms with Gasteiger partial charge in [0.15, 0.2) is 0 Å². The van der Waals surface area contributed by atoms with E-state index in [1.165, 1.54) is 12.1 Å². The molecule has 17 heavy (non-hydrogen) atoms. The van der Waals surface area contributed by atoms with Crippen LogP contribution in [0.1, 0.15) is 30.1 Å². The second-order valence-corrected chi connectivity index (χ2v) is 4.67. The summed E-state index contributed by atoms with van der Waals surface area (Å²) in [5.41, 5.74) is -0.974. The fourth-order valence-electron chi connectivity index (χ4n) is 2.06. The Hall–Kier alpha value is -1.62. The summed E-state index contributed by atoms with van der Waals surface area (Å²) in [6.45, 7) is 2.65. The van der Waals surface area contributed by atoms with Crippen LogP contribution < -0.4 is 5.63 Å². The largest absolute Gasteiger partial charge is 0.430 e. The van der Waals surface area contributed by atoms with Crippen molar-refractivity contribution in [2.24, 2.45) is 0 Å². The smallest absolute Gasteiger partial charge is 0.335 e. The van der Waals surface area contributed by atoms with E-state index in [9.17, 15) is 14.7 Å². The van der Waals surface area contributed by atoms with Gasteiger partial charge in [0.1, 0.15) is 6.26 Å². The van der Waals surface area contributed by atoms with Crippen molar-refractivity contribution in [3.8, 4) is 0 Å². The van der Waals surface area contributed by atoms with Crippen LogP contribution in [-0.4, -0.2) is 34.6 Å². The Balaban J connectivity index is 2.15. The second kappa shape index (κ2) is 4.33. The van der Waals surface area contributed by atoms with Crippen molar-refractivity contribution in [3.05, 3.63) is 34.4 Å². The van der Waals surface area contributed by atoms with Crippen LogP contribution in [0.15, 0.2) is 27.6 Å². The van der Waals surface area contributed by atoms with E-state index in [1.54, 1.807) is 11.8 Å². The van der Waals surface area contributed by atoms with Crippen molar-refractivity contribution >= 4 is 5.91 Å². The molecule has 1 amide bonds. The molecule has 1 saturated heterocycles. The third-order valence-corrected chi connectivity index (χ3v) is 2.91. The lowest BCUT2D eigenvalue weighted by Gasteiger charge is -2.36. The zero-order valence-corrected chi connectivity index (χ0v) is 9.68. The number of piperidine rings is 1. The molecule has 2 rings (SSSR count). The molecule has 5 heteroatoms. The quantitative estimate of drug-likeness (QED) is 0.777. The number of carbonyl (C=O) groups is 1. The van der Waals surface area contributed by atoms with E-state index in [2.05, 4.69) is 4.42 Å². The van der Waals surface area contributed by atoms with Crippen LogP contribution in [0, 0.1) is 0 Å². The first-order chi connectivity index (χ1) is 7.98. The van der Waals surface area contributed by atoms with Crippen molar-refractivity contribution in [2.45, 2.75) is 25.4 Å². The van der Waals surface area contributed by atoms with E-state index in [0.29, 0.717) is 25.1 Å². The van der Waals surface area contributed by atoms with E-state index in [1.807, 2.05) is 0 Å². The Morgan fingerprint density at radius 1 is 1.53 bits per heavy atom. The number of nitrogens with zero attached hydrogens (tertiary/aromatic N) is 1. The van der Waals surface area contributed by atoms with Crippen LogP contribution in [0.3, 0.4) is 0 Å². The zero-order chi connectivity index (χ0) is 12.5. The minimum absolute atomic E-state index is 0.214. The first kappa shape index (κ1) is 11.9. The molecule has 1 atom stereocenters. The SMILES string of the molecule is CC1(O)CCCN(C(=O)c2ccc(=O)oc2)C1. The molecule has 0 saturated carbocycles. The Bertz CT molecular complexity index is 457. The Morgan fingerprint density at radius 3 is 2.88 bits per heavy atom.